The van der Waals surface area contributed by atoms with Crippen LogP contribution in [0, 0.1) is 6.92 Å². The third-order valence-corrected chi connectivity index (χ3v) is 2.46. The maximum Gasteiger partial charge on any atom is 0.219 e. The number of amides is 1. The van der Waals surface area contributed by atoms with Gasteiger partial charge in [-0.05, 0) is 13.3 Å². The lowest BCUT2D eigenvalue weighted by molar-refractivity contribution is -0.120. The fourth-order valence-electron chi connectivity index (χ4n) is 1.20. The summed E-state index contributed by atoms with van der Waals surface area (Å²) in [4.78, 5) is 10.9. The van der Waals surface area contributed by atoms with Gasteiger partial charge < -0.3 is 5.32 Å². The van der Waals surface area contributed by atoms with Crippen molar-refractivity contribution in [1.29, 1.82) is 0 Å². The summed E-state index contributed by atoms with van der Waals surface area (Å²) in [5, 5.41) is 7.72. The molecular weight excluding hydrogens is 214 g/mol. The van der Waals surface area contributed by atoms with Crippen LogP contribution in [0.3, 0.4) is 0 Å². The van der Waals surface area contributed by atoms with Gasteiger partial charge in [0.15, 0.2) is 0 Å². The fourth-order valence-corrected chi connectivity index (χ4v) is 1.35. The number of hydrogen-bond acceptors (Lipinski definition) is 2. The molecule has 1 aromatic heterocycles. The van der Waals surface area contributed by atoms with E-state index in [-0.39, 0.29) is 5.91 Å². The van der Waals surface area contributed by atoms with E-state index in [1.807, 2.05) is 13.8 Å². The number of nitrogens with zero attached hydrogens (tertiary/aromatic N) is 2. The number of carbonyl (C=O) groups is 1. The molecule has 0 radical (unpaired) electrons. The van der Waals surface area contributed by atoms with E-state index in [1.165, 1.54) is 0 Å². The Labute approximate surface area is 94.6 Å². The number of aromatic nitrogens is 2. The van der Waals surface area contributed by atoms with E-state index in [2.05, 4.69) is 10.4 Å². The Morgan fingerprint density at radius 2 is 2.40 bits per heavy atom. The Balaban J connectivity index is 2.23. The van der Waals surface area contributed by atoms with Crippen LogP contribution in [-0.4, -0.2) is 22.2 Å². The fraction of sp³-hybridized carbons (Fsp3) is 0.600. The molecule has 0 bridgehead atoms. The summed E-state index contributed by atoms with van der Waals surface area (Å²) in [6.07, 6.45) is 3.20. The van der Waals surface area contributed by atoms with Crippen LogP contribution in [0.15, 0.2) is 6.20 Å². The molecule has 0 aliphatic rings. The smallest absolute Gasteiger partial charge is 0.219 e. The van der Waals surface area contributed by atoms with Gasteiger partial charge in [0.2, 0.25) is 5.91 Å². The molecule has 0 aliphatic heterocycles. The minimum absolute atomic E-state index is 0.0877. The first-order valence-corrected chi connectivity index (χ1v) is 5.47. The SMILES string of the molecule is CCC(=O)NCCCn1cc(Cl)c(C)n1. The first kappa shape index (κ1) is 12.0. The molecule has 0 atom stereocenters. The molecule has 4 nitrogen and oxygen atoms in total. The van der Waals surface area contributed by atoms with Crippen LogP contribution < -0.4 is 5.32 Å². The summed E-state index contributed by atoms with van der Waals surface area (Å²) in [7, 11) is 0. The molecule has 1 heterocycles. The largest absolute Gasteiger partial charge is 0.356 e. The number of carbonyl (C=O) groups excluding carboxylic acids is 1. The van der Waals surface area contributed by atoms with Gasteiger partial charge in [0.05, 0.1) is 10.7 Å². The number of nitrogens with one attached hydrogen (secondary N) is 1. The monoisotopic (exact) mass is 229 g/mol. The van der Waals surface area contributed by atoms with Gasteiger partial charge in [0.1, 0.15) is 0 Å². The van der Waals surface area contributed by atoms with Crippen LogP contribution in [0.5, 0.6) is 0 Å². The van der Waals surface area contributed by atoms with Crippen LogP contribution >= 0.6 is 11.6 Å². The van der Waals surface area contributed by atoms with Crippen molar-refractivity contribution >= 4 is 17.5 Å². The van der Waals surface area contributed by atoms with Crippen molar-refractivity contribution in [2.45, 2.75) is 33.2 Å². The predicted molar refractivity (Wildman–Crippen MR) is 59.9 cm³/mol. The molecule has 0 fully saturated rings. The first-order valence-electron chi connectivity index (χ1n) is 5.09. The van der Waals surface area contributed by atoms with Crippen molar-refractivity contribution < 1.29 is 4.79 Å². The second kappa shape index (κ2) is 5.75. The van der Waals surface area contributed by atoms with E-state index in [9.17, 15) is 4.79 Å². The van der Waals surface area contributed by atoms with Gasteiger partial charge in [-0.15, -0.1) is 0 Å². The quantitative estimate of drug-likeness (QED) is 0.783. The van der Waals surface area contributed by atoms with Gasteiger partial charge in [-0.3, -0.25) is 9.48 Å². The van der Waals surface area contributed by atoms with Crippen LogP contribution in [0.2, 0.25) is 5.02 Å². The highest BCUT2D eigenvalue weighted by Gasteiger charge is 2.01. The lowest BCUT2D eigenvalue weighted by Crippen LogP contribution is -2.24. The lowest BCUT2D eigenvalue weighted by atomic mass is 10.4. The van der Waals surface area contributed by atoms with Gasteiger partial charge in [-0.1, -0.05) is 18.5 Å². The molecule has 0 aliphatic carbocycles. The Bertz CT molecular complexity index is 316. The minimum Gasteiger partial charge on any atom is -0.356 e. The van der Waals surface area contributed by atoms with Crippen LogP contribution in [0.1, 0.15) is 25.5 Å². The molecule has 0 unspecified atom stereocenters. The molecule has 0 aromatic carbocycles. The summed E-state index contributed by atoms with van der Waals surface area (Å²) in [6, 6.07) is 0. The van der Waals surface area contributed by atoms with Gasteiger partial charge in [-0.25, -0.2) is 0 Å². The summed E-state index contributed by atoms with van der Waals surface area (Å²) >= 11 is 5.86. The highest BCUT2D eigenvalue weighted by atomic mass is 35.5. The van der Waals surface area contributed by atoms with Gasteiger partial charge in [-0.2, -0.15) is 5.10 Å². The molecule has 84 valence electrons. The van der Waals surface area contributed by atoms with Gasteiger partial charge >= 0.3 is 0 Å². The van der Waals surface area contributed by atoms with E-state index in [4.69, 9.17) is 11.6 Å². The average Bonchev–Trinajstić information content (AvgIpc) is 2.53. The molecule has 0 saturated carbocycles. The summed E-state index contributed by atoms with van der Waals surface area (Å²) in [6.45, 7) is 5.17. The Morgan fingerprint density at radius 3 is 2.93 bits per heavy atom. The second-order valence-electron chi connectivity index (χ2n) is 3.38. The molecule has 1 aromatic rings. The number of hydrogen-bond donors (Lipinski definition) is 1. The normalized spacial score (nSPS) is 10.3. The van der Waals surface area contributed by atoms with Crippen molar-refractivity contribution in [3.05, 3.63) is 16.9 Å². The standard InChI is InChI=1S/C10H16ClN3O/c1-3-10(15)12-5-4-6-14-7-9(11)8(2)13-14/h7H,3-6H2,1-2H3,(H,12,15). The Hall–Kier alpha value is -1.03. The molecule has 1 amide bonds. The lowest BCUT2D eigenvalue weighted by Gasteiger charge is -2.03. The van der Waals surface area contributed by atoms with Crippen molar-refractivity contribution in [3.63, 3.8) is 0 Å². The topological polar surface area (TPSA) is 46.9 Å². The number of rotatable bonds is 5. The zero-order valence-corrected chi connectivity index (χ0v) is 9.84. The molecule has 0 spiro atoms. The first-order chi connectivity index (χ1) is 7.13. The highest BCUT2D eigenvalue weighted by molar-refractivity contribution is 6.31. The maximum absolute atomic E-state index is 10.9. The van der Waals surface area contributed by atoms with E-state index < -0.39 is 0 Å². The van der Waals surface area contributed by atoms with Crippen LogP contribution in [-0.2, 0) is 11.3 Å². The average molecular weight is 230 g/mol. The van der Waals surface area contributed by atoms with Crippen LogP contribution in [0.4, 0.5) is 0 Å². The zero-order valence-electron chi connectivity index (χ0n) is 9.09. The molecule has 1 N–H and O–H groups in total. The van der Waals surface area contributed by atoms with Crippen molar-refractivity contribution in [2.75, 3.05) is 6.54 Å². The molecular formula is C10H16ClN3O. The third kappa shape index (κ3) is 3.91. The van der Waals surface area contributed by atoms with Crippen molar-refractivity contribution in [3.8, 4) is 0 Å². The van der Waals surface area contributed by atoms with Gasteiger partial charge in [0, 0.05) is 25.7 Å². The van der Waals surface area contributed by atoms with E-state index in [1.54, 1.807) is 10.9 Å². The summed E-state index contributed by atoms with van der Waals surface area (Å²) < 4.78 is 1.80. The minimum atomic E-state index is 0.0877. The molecule has 0 saturated heterocycles. The molecule has 5 heteroatoms. The second-order valence-corrected chi connectivity index (χ2v) is 3.79. The Kier molecular flexibility index (Phi) is 4.62. The predicted octanol–water partition coefficient (Wildman–Crippen LogP) is 1.76. The van der Waals surface area contributed by atoms with Crippen molar-refractivity contribution in [2.24, 2.45) is 0 Å². The third-order valence-electron chi connectivity index (χ3n) is 2.09. The maximum atomic E-state index is 10.9. The van der Waals surface area contributed by atoms with Crippen molar-refractivity contribution in [1.82, 2.24) is 15.1 Å². The number of halogens is 1. The van der Waals surface area contributed by atoms with E-state index >= 15 is 0 Å². The molecule has 15 heavy (non-hydrogen) atoms. The highest BCUT2D eigenvalue weighted by Crippen LogP contribution is 2.11. The van der Waals surface area contributed by atoms with E-state index in [0.717, 1.165) is 18.7 Å². The van der Waals surface area contributed by atoms with Crippen LogP contribution in [0.25, 0.3) is 0 Å². The number of aryl methyl sites for hydroxylation is 2. The summed E-state index contributed by atoms with van der Waals surface area (Å²) in [5.74, 6) is 0.0877. The summed E-state index contributed by atoms with van der Waals surface area (Å²) in [5.41, 5.74) is 0.842. The molecule has 1 rings (SSSR count). The van der Waals surface area contributed by atoms with E-state index in [0.29, 0.717) is 18.0 Å². The van der Waals surface area contributed by atoms with Gasteiger partial charge in [0.25, 0.3) is 0 Å². The zero-order chi connectivity index (χ0) is 11.3. The Morgan fingerprint density at radius 1 is 1.67 bits per heavy atom.